The van der Waals surface area contributed by atoms with Crippen LogP contribution in [0.4, 0.5) is 0 Å². The Labute approximate surface area is 77.2 Å². The highest BCUT2D eigenvalue weighted by atomic mass is 16.4. The fourth-order valence-corrected chi connectivity index (χ4v) is 0.507. The van der Waals surface area contributed by atoms with E-state index in [4.69, 9.17) is 20.4 Å². The van der Waals surface area contributed by atoms with Gasteiger partial charge in [0.15, 0.2) is 0 Å². The molecule has 14 heavy (non-hydrogen) atoms. The third-order valence-electron chi connectivity index (χ3n) is 1.04. The van der Waals surface area contributed by atoms with Gasteiger partial charge < -0.3 is 20.4 Å². The monoisotopic (exact) mass is 202 g/mol. The molecule has 0 bridgehead atoms. The van der Waals surface area contributed by atoms with Crippen molar-refractivity contribution in [1.29, 1.82) is 0 Å². The second-order valence-corrected chi connectivity index (χ2v) is 2.08. The molecule has 0 saturated carbocycles. The lowest BCUT2D eigenvalue weighted by Crippen LogP contribution is -2.06. The number of hydrogen-bond acceptors (Lipinski definition) is 4. The molecule has 0 atom stereocenters. The van der Waals surface area contributed by atoms with E-state index in [1.807, 2.05) is 0 Å². The molecule has 0 aliphatic rings. The van der Waals surface area contributed by atoms with E-state index in [0.717, 1.165) is 0 Å². The maximum absolute atomic E-state index is 10.3. The van der Waals surface area contributed by atoms with Gasteiger partial charge >= 0.3 is 17.9 Å². The van der Waals surface area contributed by atoms with E-state index in [1.54, 1.807) is 0 Å². The lowest BCUT2D eigenvalue weighted by molar-refractivity contribution is -0.136. The van der Waals surface area contributed by atoms with Crippen LogP contribution in [-0.4, -0.2) is 38.3 Å². The Bertz CT molecular complexity index is 336. The van der Waals surface area contributed by atoms with E-state index in [-0.39, 0.29) is 6.08 Å². The molecule has 0 unspecified atom stereocenters. The Kier molecular flexibility index (Phi) is 3.88. The van der Waals surface area contributed by atoms with Crippen molar-refractivity contribution in [2.24, 2.45) is 0 Å². The van der Waals surface area contributed by atoms with E-state index < -0.39 is 29.2 Å². The third-order valence-corrected chi connectivity index (χ3v) is 1.04. The molecule has 0 rings (SSSR count). The Hall–Kier alpha value is -2.31. The minimum atomic E-state index is -1.75. The number of carboxylic acids is 3. The molecule has 0 amide bonds. The predicted molar refractivity (Wildman–Crippen MR) is 41.7 cm³/mol. The van der Waals surface area contributed by atoms with Crippen molar-refractivity contribution in [1.82, 2.24) is 0 Å². The lowest BCUT2D eigenvalue weighted by atomic mass is 10.2. The van der Waals surface area contributed by atoms with Crippen molar-refractivity contribution in [3.05, 3.63) is 23.5 Å². The van der Waals surface area contributed by atoms with Gasteiger partial charge in [-0.05, 0) is 0 Å². The smallest absolute Gasteiger partial charge is 0.370 e. The average Bonchev–Trinajstić information content (AvgIpc) is 2.01. The molecule has 76 valence electrons. The molecule has 4 N–H and O–H groups in total. The standard InChI is InChI=1S/C7H6O7/c8-4(7(13)14)1-3(6(11)12)2-5(9)10/h1-2,8H,(H,9,10)(H,11,12)(H,13,14)/b3-2-,4-1-. The summed E-state index contributed by atoms with van der Waals surface area (Å²) in [5.74, 6) is -6.21. The van der Waals surface area contributed by atoms with E-state index >= 15 is 0 Å². The molecule has 7 nitrogen and oxygen atoms in total. The summed E-state index contributed by atoms with van der Waals surface area (Å²) >= 11 is 0. The topological polar surface area (TPSA) is 132 Å². The molecule has 0 aromatic rings. The molecule has 0 aromatic carbocycles. The van der Waals surface area contributed by atoms with Crippen LogP contribution in [-0.2, 0) is 14.4 Å². The first-order valence-electron chi connectivity index (χ1n) is 3.16. The van der Waals surface area contributed by atoms with E-state index in [0.29, 0.717) is 6.08 Å². The first-order chi connectivity index (χ1) is 6.34. The van der Waals surface area contributed by atoms with Gasteiger partial charge in [0.05, 0.1) is 5.57 Å². The molecule has 0 heterocycles. The Morgan fingerprint density at radius 1 is 0.786 bits per heavy atom. The number of hydrogen-bond donors (Lipinski definition) is 4. The highest BCUT2D eigenvalue weighted by Crippen LogP contribution is 2.01. The van der Waals surface area contributed by atoms with Crippen molar-refractivity contribution < 1.29 is 34.8 Å². The van der Waals surface area contributed by atoms with Crippen LogP contribution in [0.3, 0.4) is 0 Å². The van der Waals surface area contributed by atoms with Gasteiger partial charge in [-0.25, -0.2) is 14.4 Å². The maximum Gasteiger partial charge on any atom is 0.370 e. The Balaban J connectivity index is 5.07. The van der Waals surface area contributed by atoms with Gasteiger partial charge in [0.2, 0.25) is 5.76 Å². The van der Waals surface area contributed by atoms with Crippen LogP contribution in [0, 0.1) is 0 Å². The van der Waals surface area contributed by atoms with Crippen LogP contribution in [0.25, 0.3) is 0 Å². The van der Waals surface area contributed by atoms with Gasteiger partial charge in [-0.1, -0.05) is 0 Å². The fraction of sp³-hybridized carbons (Fsp3) is 0. The van der Waals surface area contributed by atoms with E-state index in [2.05, 4.69) is 0 Å². The summed E-state index contributed by atoms with van der Waals surface area (Å²) in [5, 5.41) is 33.3. The Morgan fingerprint density at radius 3 is 1.57 bits per heavy atom. The maximum atomic E-state index is 10.3. The molecule has 0 aliphatic carbocycles. The van der Waals surface area contributed by atoms with Crippen LogP contribution >= 0.6 is 0 Å². The van der Waals surface area contributed by atoms with Gasteiger partial charge in [0.25, 0.3) is 0 Å². The van der Waals surface area contributed by atoms with Gasteiger partial charge in [0.1, 0.15) is 0 Å². The molecule has 0 radical (unpaired) electrons. The zero-order chi connectivity index (χ0) is 11.3. The summed E-state index contributed by atoms with van der Waals surface area (Å²) < 4.78 is 0. The molecule has 0 saturated heterocycles. The van der Waals surface area contributed by atoms with Gasteiger partial charge in [-0.15, -0.1) is 0 Å². The highest BCUT2D eigenvalue weighted by Gasteiger charge is 2.11. The second-order valence-electron chi connectivity index (χ2n) is 2.08. The fourth-order valence-electron chi connectivity index (χ4n) is 0.507. The predicted octanol–water partition coefficient (Wildman–Crippen LogP) is -0.391. The zero-order valence-electron chi connectivity index (χ0n) is 6.67. The average molecular weight is 202 g/mol. The van der Waals surface area contributed by atoms with E-state index in [9.17, 15) is 14.4 Å². The number of rotatable bonds is 4. The second kappa shape index (κ2) is 4.65. The normalized spacial score (nSPS) is 12.3. The van der Waals surface area contributed by atoms with Crippen LogP contribution in [0.1, 0.15) is 0 Å². The highest BCUT2D eigenvalue weighted by molar-refractivity contribution is 5.98. The van der Waals surface area contributed by atoms with Crippen LogP contribution < -0.4 is 0 Å². The largest absolute Gasteiger partial charge is 0.502 e. The minimum absolute atomic E-state index is 0.265. The first kappa shape index (κ1) is 11.7. The number of carbonyl (C=O) groups is 3. The lowest BCUT2D eigenvalue weighted by Gasteiger charge is -1.94. The number of aliphatic carboxylic acids is 3. The van der Waals surface area contributed by atoms with E-state index in [1.165, 1.54) is 0 Å². The van der Waals surface area contributed by atoms with Crippen molar-refractivity contribution in [2.75, 3.05) is 0 Å². The molecule has 0 spiro atoms. The summed E-state index contributed by atoms with van der Waals surface area (Å²) in [6, 6.07) is 0. The summed E-state index contributed by atoms with van der Waals surface area (Å²) in [6.45, 7) is 0. The SMILES string of the molecule is O=C(O)/C=C(/C=C(\O)C(=O)O)C(=O)O. The molecule has 0 aliphatic heterocycles. The Morgan fingerprint density at radius 2 is 1.29 bits per heavy atom. The van der Waals surface area contributed by atoms with Crippen molar-refractivity contribution in [2.45, 2.75) is 0 Å². The van der Waals surface area contributed by atoms with Gasteiger partial charge in [-0.3, -0.25) is 0 Å². The molecular formula is C7H6O7. The first-order valence-corrected chi connectivity index (χ1v) is 3.16. The summed E-state index contributed by atoms with van der Waals surface area (Å²) in [5.41, 5.74) is -0.836. The quantitative estimate of drug-likeness (QED) is 0.277. The van der Waals surface area contributed by atoms with Crippen LogP contribution in [0.5, 0.6) is 0 Å². The summed E-state index contributed by atoms with van der Waals surface area (Å²) in [6.07, 6.45) is 0.597. The van der Waals surface area contributed by atoms with Crippen molar-refractivity contribution in [3.63, 3.8) is 0 Å². The molecule has 0 aromatic heterocycles. The zero-order valence-corrected chi connectivity index (χ0v) is 6.67. The van der Waals surface area contributed by atoms with Gasteiger partial charge in [0, 0.05) is 12.2 Å². The molecular weight excluding hydrogens is 196 g/mol. The third kappa shape index (κ3) is 3.90. The van der Waals surface area contributed by atoms with Crippen molar-refractivity contribution >= 4 is 17.9 Å². The van der Waals surface area contributed by atoms with Crippen molar-refractivity contribution in [3.8, 4) is 0 Å². The summed E-state index contributed by atoms with van der Waals surface area (Å²) in [7, 11) is 0. The molecule has 0 fully saturated rings. The van der Waals surface area contributed by atoms with Crippen LogP contribution in [0.15, 0.2) is 23.5 Å². The number of aliphatic hydroxyl groups is 1. The summed E-state index contributed by atoms with van der Waals surface area (Å²) in [4.78, 5) is 30.4. The minimum Gasteiger partial charge on any atom is -0.502 e. The van der Waals surface area contributed by atoms with Gasteiger partial charge in [-0.2, -0.15) is 0 Å². The van der Waals surface area contributed by atoms with Crippen LogP contribution in [0.2, 0.25) is 0 Å². The number of aliphatic hydroxyl groups excluding tert-OH is 1. The molecule has 7 heteroatoms. The number of carboxylic acid groups (broad SMARTS) is 3.